The summed E-state index contributed by atoms with van der Waals surface area (Å²) in [6.07, 6.45) is -5.26. The Morgan fingerprint density at radius 3 is 2.33 bits per heavy atom. The third kappa shape index (κ3) is 3.42. The molecule has 0 aromatic heterocycles. The molecule has 1 atom stereocenters. The van der Waals surface area contributed by atoms with E-state index in [4.69, 9.17) is 0 Å². The lowest BCUT2D eigenvalue weighted by Gasteiger charge is -2.15. The van der Waals surface area contributed by atoms with Gasteiger partial charge in [-0.2, -0.15) is 13.2 Å². The number of aliphatic hydroxyl groups excluding tert-OH is 1. The van der Waals surface area contributed by atoms with Gasteiger partial charge in [-0.1, -0.05) is 37.3 Å². The highest BCUT2D eigenvalue weighted by molar-refractivity contribution is 5.36. The van der Waals surface area contributed by atoms with Crippen LogP contribution in [0.3, 0.4) is 0 Å². The highest BCUT2D eigenvalue weighted by atomic mass is 19.4. The molecule has 1 nitrogen and oxygen atoms in total. The Labute approximate surface area is 119 Å². The lowest BCUT2D eigenvalue weighted by Crippen LogP contribution is -2.10. The normalized spacial score (nSPS) is 13.2. The van der Waals surface area contributed by atoms with E-state index in [0.29, 0.717) is 11.6 Å². The summed E-state index contributed by atoms with van der Waals surface area (Å²) in [5.41, 5.74) is 0.0847. The zero-order chi connectivity index (χ0) is 15.6. The van der Waals surface area contributed by atoms with Crippen LogP contribution in [0.1, 0.15) is 35.3 Å². The van der Waals surface area contributed by atoms with Gasteiger partial charge in [-0.25, -0.2) is 4.39 Å². The molecule has 5 heteroatoms. The quantitative estimate of drug-likeness (QED) is 0.828. The van der Waals surface area contributed by atoms with Crippen molar-refractivity contribution in [1.82, 2.24) is 0 Å². The zero-order valence-corrected chi connectivity index (χ0v) is 11.3. The van der Waals surface area contributed by atoms with Gasteiger partial charge < -0.3 is 5.11 Å². The molecule has 0 aliphatic heterocycles. The molecule has 0 heterocycles. The molecule has 0 aliphatic rings. The van der Waals surface area contributed by atoms with Crippen LogP contribution in [0.15, 0.2) is 42.5 Å². The predicted molar refractivity (Wildman–Crippen MR) is 71.3 cm³/mol. The second-order valence-corrected chi connectivity index (χ2v) is 4.74. The van der Waals surface area contributed by atoms with E-state index < -0.39 is 23.7 Å². The number of benzene rings is 2. The summed E-state index contributed by atoms with van der Waals surface area (Å²) in [5, 5.41) is 10.2. The second kappa shape index (κ2) is 5.85. The smallest absolute Gasteiger partial charge is 0.384 e. The summed E-state index contributed by atoms with van der Waals surface area (Å²) >= 11 is 0. The Morgan fingerprint density at radius 1 is 1.05 bits per heavy atom. The van der Waals surface area contributed by atoms with Crippen molar-refractivity contribution < 1.29 is 22.7 Å². The molecule has 0 amide bonds. The number of alkyl halides is 3. The summed E-state index contributed by atoms with van der Waals surface area (Å²) < 4.78 is 51.3. The molecular formula is C16H14F4O. The van der Waals surface area contributed by atoms with Gasteiger partial charge in [-0.05, 0) is 35.2 Å². The van der Waals surface area contributed by atoms with E-state index in [9.17, 15) is 22.7 Å². The SMILES string of the molecule is CCc1cccc(C(O)c2ccc(F)c(C(F)(F)F)c2)c1. The summed E-state index contributed by atoms with van der Waals surface area (Å²) in [4.78, 5) is 0. The molecule has 0 radical (unpaired) electrons. The maximum atomic E-state index is 13.2. The van der Waals surface area contributed by atoms with E-state index in [2.05, 4.69) is 0 Å². The van der Waals surface area contributed by atoms with Gasteiger partial charge in [0.1, 0.15) is 11.9 Å². The number of hydrogen-bond acceptors (Lipinski definition) is 1. The van der Waals surface area contributed by atoms with Crippen LogP contribution in [0.4, 0.5) is 17.6 Å². The van der Waals surface area contributed by atoms with E-state index in [1.807, 2.05) is 13.0 Å². The first kappa shape index (κ1) is 15.5. The second-order valence-electron chi connectivity index (χ2n) is 4.74. The van der Waals surface area contributed by atoms with Crippen LogP contribution in [0.5, 0.6) is 0 Å². The Morgan fingerprint density at radius 2 is 1.71 bits per heavy atom. The molecule has 0 aliphatic carbocycles. The van der Waals surface area contributed by atoms with Crippen molar-refractivity contribution >= 4 is 0 Å². The van der Waals surface area contributed by atoms with Crippen molar-refractivity contribution in [1.29, 1.82) is 0 Å². The van der Waals surface area contributed by atoms with E-state index in [0.717, 1.165) is 24.1 Å². The molecule has 0 saturated carbocycles. The Balaban J connectivity index is 2.41. The first-order valence-electron chi connectivity index (χ1n) is 6.46. The lowest BCUT2D eigenvalue weighted by molar-refractivity contribution is -0.140. The molecule has 2 aromatic carbocycles. The molecular weight excluding hydrogens is 284 g/mol. The van der Waals surface area contributed by atoms with Crippen molar-refractivity contribution in [3.8, 4) is 0 Å². The highest BCUT2D eigenvalue weighted by Crippen LogP contribution is 2.34. The fourth-order valence-electron chi connectivity index (χ4n) is 2.11. The molecule has 112 valence electrons. The van der Waals surface area contributed by atoms with Gasteiger partial charge in [-0.3, -0.25) is 0 Å². The fraction of sp³-hybridized carbons (Fsp3) is 0.250. The van der Waals surface area contributed by atoms with Crippen LogP contribution in [0.2, 0.25) is 0 Å². The number of hydrogen-bond donors (Lipinski definition) is 1. The Bertz CT molecular complexity index is 634. The minimum atomic E-state index is -4.79. The van der Waals surface area contributed by atoms with Gasteiger partial charge in [0.25, 0.3) is 0 Å². The van der Waals surface area contributed by atoms with Gasteiger partial charge in [-0.15, -0.1) is 0 Å². The summed E-state index contributed by atoms with van der Waals surface area (Å²) in [5.74, 6) is -1.35. The maximum Gasteiger partial charge on any atom is 0.419 e. The summed E-state index contributed by atoms with van der Waals surface area (Å²) in [6, 6.07) is 9.48. The average molecular weight is 298 g/mol. The molecule has 2 aromatic rings. The first-order chi connectivity index (χ1) is 9.82. The molecule has 21 heavy (non-hydrogen) atoms. The van der Waals surface area contributed by atoms with Crippen molar-refractivity contribution in [2.24, 2.45) is 0 Å². The summed E-state index contributed by atoms with van der Waals surface area (Å²) in [7, 11) is 0. The number of aryl methyl sites for hydroxylation is 1. The van der Waals surface area contributed by atoms with Crippen molar-refractivity contribution in [2.75, 3.05) is 0 Å². The van der Waals surface area contributed by atoms with E-state index in [1.165, 1.54) is 0 Å². The standard InChI is InChI=1S/C16H14F4O/c1-2-10-4-3-5-11(8-10)15(21)12-6-7-14(17)13(9-12)16(18,19)20/h3-9,15,21H,2H2,1H3. The largest absolute Gasteiger partial charge is 0.419 e. The molecule has 2 rings (SSSR count). The van der Waals surface area contributed by atoms with Crippen LogP contribution >= 0.6 is 0 Å². The van der Waals surface area contributed by atoms with Crippen LogP contribution in [-0.4, -0.2) is 5.11 Å². The van der Waals surface area contributed by atoms with Crippen LogP contribution in [-0.2, 0) is 12.6 Å². The molecule has 1 unspecified atom stereocenters. The first-order valence-corrected chi connectivity index (χ1v) is 6.46. The van der Waals surface area contributed by atoms with E-state index in [1.54, 1.807) is 18.2 Å². The monoisotopic (exact) mass is 298 g/mol. The van der Waals surface area contributed by atoms with Crippen LogP contribution in [0, 0.1) is 5.82 Å². The maximum absolute atomic E-state index is 13.2. The van der Waals surface area contributed by atoms with Crippen LogP contribution < -0.4 is 0 Å². The highest BCUT2D eigenvalue weighted by Gasteiger charge is 2.34. The molecule has 0 saturated heterocycles. The van der Waals surface area contributed by atoms with Gasteiger partial charge >= 0.3 is 6.18 Å². The van der Waals surface area contributed by atoms with Gasteiger partial charge in [0, 0.05) is 0 Å². The minimum absolute atomic E-state index is 0.0111. The molecule has 0 fully saturated rings. The Kier molecular flexibility index (Phi) is 4.32. The van der Waals surface area contributed by atoms with Gasteiger partial charge in [0.15, 0.2) is 0 Å². The molecule has 1 N–H and O–H groups in total. The lowest BCUT2D eigenvalue weighted by atomic mass is 9.97. The fourth-order valence-corrected chi connectivity index (χ4v) is 2.11. The number of aliphatic hydroxyl groups is 1. The zero-order valence-electron chi connectivity index (χ0n) is 11.3. The van der Waals surface area contributed by atoms with Crippen molar-refractivity contribution in [2.45, 2.75) is 25.6 Å². The predicted octanol–water partition coefficient (Wildman–Crippen LogP) is 4.49. The van der Waals surface area contributed by atoms with E-state index in [-0.39, 0.29) is 5.56 Å². The van der Waals surface area contributed by atoms with Gasteiger partial charge in [0.2, 0.25) is 0 Å². The number of halogens is 4. The van der Waals surface area contributed by atoms with Crippen molar-refractivity contribution in [3.05, 3.63) is 70.5 Å². The minimum Gasteiger partial charge on any atom is -0.384 e. The molecule has 0 bridgehead atoms. The average Bonchev–Trinajstić information content (AvgIpc) is 2.46. The number of rotatable bonds is 3. The third-order valence-electron chi connectivity index (χ3n) is 3.29. The van der Waals surface area contributed by atoms with Crippen molar-refractivity contribution in [3.63, 3.8) is 0 Å². The Hall–Kier alpha value is -1.88. The van der Waals surface area contributed by atoms with Crippen LogP contribution in [0.25, 0.3) is 0 Å². The topological polar surface area (TPSA) is 20.2 Å². The summed E-state index contributed by atoms with van der Waals surface area (Å²) in [6.45, 7) is 1.94. The molecule has 0 spiro atoms. The van der Waals surface area contributed by atoms with E-state index >= 15 is 0 Å². The van der Waals surface area contributed by atoms with Gasteiger partial charge in [0.05, 0.1) is 5.56 Å². The third-order valence-corrected chi connectivity index (χ3v) is 3.29.